The Labute approximate surface area is 167 Å². The van der Waals surface area contributed by atoms with E-state index >= 15 is 0 Å². The summed E-state index contributed by atoms with van der Waals surface area (Å²) in [5.74, 6) is -0.519. The van der Waals surface area contributed by atoms with Gasteiger partial charge in [-0.1, -0.05) is 36.4 Å². The Bertz CT molecular complexity index is 1150. The lowest BCUT2D eigenvalue weighted by Gasteiger charge is -2.08. The number of ether oxygens (including phenoxy) is 1. The number of benzene rings is 2. The van der Waals surface area contributed by atoms with Crippen molar-refractivity contribution in [3.05, 3.63) is 84.4 Å². The Morgan fingerprint density at radius 3 is 2.69 bits per heavy atom. The van der Waals surface area contributed by atoms with Crippen LogP contribution < -0.4 is 4.74 Å². The lowest BCUT2D eigenvalue weighted by atomic mass is 10.0. The topological polar surface area (TPSA) is 64.3 Å². The fourth-order valence-electron chi connectivity index (χ4n) is 3.25. The number of halogens is 1. The molecule has 4 rings (SSSR count). The van der Waals surface area contributed by atoms with Crippen LogP contribution in [0.2, 0.25) is 0 Å². The smallest absolute Gasteiger partial charge is 0.323 e. The van der Waals surface area contributed by atoms with Crippen LogP contribution in [0.3, 0.4) is 0 Å². The normalized spacial score (nSPS) is 10.9. The molecule has 0 saturated heterocycles. The van der Waals surface area contributed by atoms with Gasteiger partial charge in [-0.05, 0) is 41.0 Å². The van der Waals surface area contributed by atoms with E-state index < -0.39 is 5.97 Å². The molecule has 0 spiro atoms. The van der Waals surface area contributed by atoms with Crippen molar-refractivity contribution in [3.8, 4) is 16.9 Å². The predicted octanol–water partition coefficient (Wildman–Crippen LogP) is 4.55. The monoisotopic (exact) mass is 390 g/mol. The molecule has 0 aliphatic rings. The molecular weight excluding hydrogens is 371 g/mol. The van der Waals surface area contributed by atoms with Gasteiger partial charge in [-0.2, -0.15) is 0 Å². The maximum Gasteiger partial charge on any atom is 0.323 e. The van der Waals surface area contributed by atoms with Gasteiger partial charge in [0.1, 0.15) is 23.8 Å². The van der Waals surface area contributed by atoms with Gasteiger partial charge in [-0.3, -0.25) is 4.79 Å². The van der Waals surface area contributed by atoms with E-state index in [0.29, 0.717) is 24.4 Å². The highest BCUT2D eigenvalue weighted by molar-refractivity contribution is 5.79. The highest BCUT2D eigenvalue weighted by atomic mass is 19.1. The number of pyridine rings is 1. The molecule has 2 heterocycles. The molecule has 0 atom stereocenters. The van der Waals surface area contributed by atoms with Gasteiger partial charge in [0.15, 0.2) is 0 Å². The van der Waals surface area contributed by atoms with E-state index in [2.05, 4.69) is 11.1 Å². The average Bonchev–Trinajstić information content (AvgIpc) is 3.10. The summed E-state index contributed by atoms with van der Waals surface area (Å²) in [6, 6.07) is 18.2. The second kappa shape index (κ2) is 8.14. The van der Waals surface area contributed by atoms with Gasteiger partial charge >= 0.3 is 5.97 Å². The van der Waals surface area contributed by atoms with Crippen LogP contribution in [0.15, 0.2) is 73.1 Å². The molecule has 0 aliphatic carbocycles. The molecule has 2 aromatic heterocycles. The van der Waals surface area contributed by atoms with Crippen molar-refractivity contribution < 1.29 is 19.0 Å². The molecule has 0 fully saturated rings. The molecule has 0 unspecified atom stereocenters. The van der Waals surface area contributed by atoms with Crippen molar-refractivity contribution in [3.63, 3.8) is 0 Å². The quantitative estimate of drug-likeness (QED) is 0.503. The Balaban J connectivity index is 1.40. The fourth-order valence-corrected chi connectivity index (χ4v) is 3.25. The minimum absolute atomic E-state index is 0.124. The number of rotatable bonds is 7. The van der Waals surface area contributed by atoms with Crippen LogP contribution in [0.1, 0.15) is 5.56 Å². The third-order valence-electron chi connectivity index (χ3n) is 4.65. The highest BCUT2D eigenvalue weighted by Gasteiger charge is 2.07. The molecule has 0 bridgehead atoms. The summed E-state index contributed by atoms with van der Waals surface area (Å²) in [7, 11) is 0. The molecule has 146 valence electrons. The lowest BCUT2D eigenvalue weighted by Crippen LogP contribution is -2.08. The van der Waals surface area contributed by atoms with Crippen LogP contribution in [-0.2, 0) is 17.8 Å². The van der Waals surface area contributed by atoms with Gasteiger partial charge in [-0.25, -0.2) is 9.37 Å². The van der Waals surface area contributed by atoms with Crippen LogP contribution >= 0.6 is 0 Å². The highest BCUT2D eigenvalue weighted by Crippen LogP contribution is 2.22. The zero-order chi connectivity index (χ0) is 20.2. The van der Waals surface area contributed by atoms with Crippen LogP contribution in [0.5, 0.6) is 5.75 Å². The van der Waals surface area contributed by atoms with Gasteiger partial charge in [0.2, 0.25) is 0 Å². The Kier molecular flexibility index (Phi) is 5.24. The number of nitrogens with zero attached hydrogens (tertiary/aromatic N) is 2. The van der Waals surface area contributed by atoms with Gasteiger partial charge in [0.05, 0.1) is 12.8 Å². The first kappa shape index (κ1) is 18.7. The number of hydrogen-bond donors (Lipinski definition) is 1. The Hall–Kier alpha value is -3.67. The zero-order valence-corrected chi connectivity index (χ0v) is 15.6. The number of aliphatic carboxylic acids is 1. The van der Waals surface area contributed by atoms with Crippen molar-refractivity contribution in [1.29, 1.82) is 0 Å². The van der Waals surface area contributed by atoms with Crippen LogP contribution in [0.25, 0.3) is 22.2 Å². The van der Waals surface area contributed by atoms with Crippen molar-refractivity contribution in [2.75, 3.05) is 6.61 Å². The van der Waals surface area contributed by atoms with Crippen molar-refractivity contribution in [2.24, 2.45) is 0 Å². The lowest BCUT2D eigenvalue weighted by molar-refractivity contribution is -0.137. The number of carboxylic acids is 1. The van der Waals surface area contributed by atoms with E-state index in [1.165, 1.54) is 12.1 Å². The van der Waals surface area contributed by atoms with E-state index in [4.69, 9.17) is 9.84 Å². The standard InChI is InChI=1S/C23H19FN2O3/c24-20-6-4-17(5-7-20)18-3-1-2-16(12-18)9-11-29-21-13-19-8-10-26(15-22(27)28)23(19)25-14-21/h1-8,10,12-14H,9,11,15H2,(H,27,28). The van der Waals surface area contributed by atoms with E-state index in [9.17, 15) is 9.18 Å². The minimum Gasteiger partial charge on any atom is -0.492 e. The first-order valence-corrected chi connectivity index (χ1v) is 9.23. The molecule has 0 aliphatic heterocycles. The van der Waals surface area contributed by atoms with E-state index in [1.54, 1.807) is 29.1 Å². The van der Waals surface area contributed by atoms with Gasteiger partial charge < -0.3 is 14.4 Å². The number of aromatic nitrogens is 2. The van der Waals surface area contributed by atoms with Crippen molar-refractivity contribution in [1.82, 2.24) is 9.55 Å². The average molecular weight is 390 g/mol. The molecule has 4 aromatic rings. The SMILES string of the molecule is O=C(O)Cn1ccc2cc(OCCc3cccc(-c4ccc(F)cc4)c3)cnc21. The maximum atomic E-state index is 13.1. The zero-order valence-electron chi connectivity index (χ0n) is 15.6. The molecule has 2 aromatic carbocycles. The van der Waals surface area contributed by atoms with E-state index in [0.717, 1.165) is 22.1 Å². The maximum absolute atomic E-state index is 13.1. The molecule has 29 heavy (non-hydrogen) atoms. The summed E-state index contributed by atoms with van der Waals surface area (Å²) < 4.78 is 20.5. The Morgan fingerprint density at radius 2 is 1.90 bits per heavy atom. The summed E-state index contributed by atoms with van der Waals surface area (Å²) in [5, 5.41) is 9.77. The van der Waals surface area contributed by atoms with Crippen LogP contribution in [-0.4, -0.2) is 27.2 Å². The third kappa shape index (κ3) is 4.43. The molecule has 0 radical (unpaired) electrons. The number of carbonyl (C=O) groups is 1. The summed E-state index contributed by atoms with van der Waals surface area (Å²) >= 11 is 0. The van der Waals surface area contributed by atoms with Gasteiger partial charge in [0, 0.05) is 18.0 Å². The molecule has 0 saturated carbocycles. The van der Waals surface area contributed by atoms with E-state index in [-0.39, 0.29) is 12.4 Å². The molecule has 1 N–H and O–H groups in total. The van der Waals surface area contributed by atoms with Gasteiger partial charge in [0.25, 0.3) is 0 Å². The largest absolute Gasteiger partial charge is 0.492 e. The van der Waals surface area contributed by atoms with Crippen LogP contribution in [0.4, 0.5) is 4.39 Å². The van der Waals surface area contributed by atoms with Crippen molar-refractivity contribution >= 4 is 17.0 Å². The van der Waals surface area contributed by atoms with E-state index in [1.807, 2.05) is 30.3 Å². The molecule has 6 heteroatoms. The summed E-state index contributed by atoms with van der Waals surface area (Å²) in [6.07, 6.45) is 4.03. The van der Waals surface area contributed by atoms with Crippen LogP contribution in [0, 0.1) is 5.82 Å². The predicted molar refractivity (Wildman–Crippen MR) is 108 cm³/mol. The molecule has 0 amide bonds. The Morgan fingerprint density at radius 1 is 1.07 bits per heavy atom. The summed E-state index contributed by atoms with van der Waals surface area (Å²) in [4.78, 5) is 15.2. The van der Waals surface area contributed by atoms with Gasteiger partial charge in [-0.15, -0.1) is 0 Å². The first-order valence-electron chi connectivity index (χ1n) is 9.23. The molecule has 5 nitrogen and oxygen atoms in total. The molecular formula is C23H19FN2O3. The number of fused-ring (bicyclic) bond motifs is 1. The van der Waals surface area contributed by atoms with Crippen molar-refractivity contribution in [2.45, 2.75) is 13.0 Å². The number of hydrogen-bond acceptors (Lipinski definition) is 3. The summed E-state index contributed by atoms with van der Waals surface area (Å²) in [5.41, 5.74) is 3.74. The third-order valence-corrected chi connectivity index (χ3v) is 4.65. The fraction of sp³-hybridized carbons (Fsp3) is 0.130. The number of carboxylic acid groups (broad SMARTS) is 1. The first-order chi connectivity index (χ1) is 14.1. The minimum atomic E-state index is -0.910. The second-order valence-electron chi connectivity index (χ2n) is 6.73. The second-order valence-corrected chi connectivity index (χ2v) is 6.73. The summed E-state index contributed by atoms with van der Waals surface area (Å²) in [6.45, 7) is 0.358.